The quantitative estimate of drug-likeness (QED) is 0.545. The summed E-state index contributed by atoms with van der Waals surface area (Å²) in [4.78, 5) is 3.99. The van der Waals surface area contributed by atoms with Crippen molar-refractivity contribution in [3.05, 3.63) is 23.8 Å². The molecule has 1 aliphatic rings. The normalized spacial score (nSPS) is 18.6. The highest BCUT2D eigenvalue weighted by Gasteiger charge is 2.10. The van der Waals surface area contributed by atoms with Crippen LogP contribution in [0.2, 0.25) is 0 Å². The lowest BCUT2D eigenvalue weighted by atomic mass is 10.3. The van der Waals surface area contributed by atoms with E-state index in [0.717, 1.165) is 11.5 Å². The number of hydrogen-bond acceptors (Lipinski definition) is 3. The van der Waals surface area contributed by atoms with Gasteiger partial charge in [-0.3, -0.25) is 0 Å². The first-order chi connectivity index (χ1) is 4.61. The molecule has 0 aromatic carbocycles. The van der Waals surface area contributed by atoms with Crippen molar-refractivity contribution < 1.29 is 4.74 Å². The average Bonchev–Trinajstić information content (AvgIpc) is 1.84. The summed E-state index contributed by atoms with van der Waals surface area (Å²) < 4.78 is 5.14. The van der Waals surface area contributed by atoms with E-state index < -0.39 is 0 Å². The summed E-state index contributed by atoms with van der Waals surface area (Å²) in [5, 5.41) is 0. The van der Waals surface area contributed by atoms with Crippen LogP contribution in [0.5, 0.6) is 0 Å². The van der Waals surface area contributed by atoms with Crippen LogP contribution in [0.1, 0.15) is 13.8 Å². The van der Waals surface area contributed by atoms with Crippen LogP contribution in [-0.4, -0.2) is 5.84 Å². The van der Waals surface area contributed by atoms with Gasteiger partial charge < -0.3 is 10.5 Å². The Kier molecular flexibility index (Phi) is 1.49. The molecular weight excluding hydrogens is 128 g/mol. The van der Waals surface area contributed by atoms with Crippen LogP contribution < -0.4 is 5.73 Å². The monoisotopic (exact) mass is 138 g/mol. The molecule has 0 bridgehead atoms. The summed E-state index contributed by atoms with van der Waals surface area (Å²) in [6.45, 7) is 7.24. The summed E-state index contributed by atoms with van der Waals surface area (Å²) in [5.74, 6) is 1.56. The standard InChI is InChI=1S/C7H10N2O/c1-4-5(2)10-6(3)7(8)9-4/h3H2,1-2H3,(H2,8,9). The number of ether oxygens (including phenoxy) is 1. The van der Waals surface area contributed by atoms with E-state index in [1.165, 1.54) is 0 Å². The van der Waals surface area contributed by atoms with Crippen LogP contribution >= 0.6 is 0 Å². The van der Waals surface area contributed by atoms with E-state index in [9.17, 15) is 0 Å². The Morgan fingerprint density at radius 1 is 1.50 bits per heavy atom. The minimum Gasteiger partial charge on any atom is -0.457 e. The SMILES string of the molecule is C=C1OC(C)=C(C)N=C1N. The van der Waals surface area contributed by atoms with Gasteiger partial charge in [0.25, 0.3) is 0 Å². The molecule has 0 saturated heterocycles. The second kappa shape index (κ2) is 2.17. The van der Waals surface area contributed by atoms with E-state index >= 15 is 0 Å². The Bertz CT molecular complexity index is 238. The van der Waals surface area contributed by atoms with Crippen molar-refractivity contribution in [1.82, 2.24) is 0 Å². The molecule has 3 nitrogen and oxygen atoms in total. The molecule has 10 heavy (non-hydrogen) atoms. The summed E-state index contributed by atoms with van der Waals surface area (Å²) in [6, 6.07) is 0. The first-order valence-electron chi connectivity index (χ1n) is 3.00. The zero-order chi connectivity index (χ0) is 7.72. The van der Waals surface area contributed by atoms with E-state index in [2.05, 4.69) is 11.6 Å². The summed E-state index contributed by atoms with van der Waals surface area (Å²) >= 11 is 0. The topological polar surface area (TPSA) is 47.6 Å². The third-order valence-corrected chi connectivity index (χ3v) is 1.36. The van der Waals surface area contributed by atoms with Gasteiger partial charge in [-0.15, -0.1) is 0 Å². The van der Waals surface area contributed by atoms with E-state index in [0.29, 0.717) is 11.6 Å². The van der Waals surface area contributed by atoms with Crippen LogP contribution in [-0.2, 0) is 4.74 Å². The molecule has 1 rings (SSSR count). The molecule has 1 aliphatic heterocycles. The van der Waals surface area contributed by atoms with E-state index in [4.69, 9.17) is 10.5 Å². The Balaban J connectivity index is 2.99. The lowest BCUT2D eigenvalue weighted by Crippen LogP contribution is -2.19. The zero-order valence-electron chi connectivity index (χ0n) is 6.14. The average molecular weight is 138 g/mol. The molecular formula is C7H10N2O. The fourth-order valence-corrected chi connectivity index (χ4v) is 0.633. The van der Waals surface area contributed by atoms with E-state index in [-0.39, 0.29) is 0 Å². The van der Waals surface area contributed by atoms with Gasteiger partial charge >= 0.3 is 0 Å². The van der Waals surface area contributed by atoms with Crippen LogP contribution in [0, 0.1) is 0 Å². The predicted octanol–water partition coefficient (Wildman–Crippen LogP) is 1.14. The third-order valence-electron chi connectivity index (χ3n) is 1.36. The lowest BCUT2D eigenvalue weighted by molar-refractivity contribution is 0.320. The van der Waals surface area contributed by atoms with Gasteiger partial charge in [-0.2, -0.15) is 0 Å². The maximum absolute atomic E-state index is 5.42. The molecule has 0 radical (unpaired) electrons. The summed E-state index contributed by atoms with van der Waals surface area (Å²) in [6.07, 6.45) is 0. The Morgan fingerprint density at radius 2 is 2.10 bits per heavy atom. The molecule has 0 fully saturated rings. The fraction of sp³-hybridized carbons (Fsp3) is 0.286. The fourth-order valence-electron chi connectivity index (χ4n) is 0.633. The number of nitrogens with two attached hydrogens (primary N) is 1. The Hall–Kier alpha value is -1.25. The van der Waals surface area contributed by atoms with E-state index in [1.807, 2.05) is 13.8 Å². The molecule has 0 aromatic heterocycles. The highest BCUT2D eigenvalue weighted by molar-refractivity contribution is 5.96. The van der Waals surface area contributed by atoms with Gasteiger partial charge in [-0.05, 0) is 13.8 Å². The largest absolute Gasteiger partial charge is 0.457 e. The first-order valence-corrected chi connectivity index (χ1v) is 3.00. The van der Waals surface area contributed by atoms with Crippen LogP contribution in [0.4, 0.5) is 0 Å². The molecule has 0 aromatic rings. The maximum atomic E-state index is 5.42. The first kappa shape index (κ1) is 6.86. The molecule has 0 aliphatic carbocycles. The second-order valence-corrected chi connectivity index (χ2v) is 2.16. The van der Waals surface area contributed by atoms with Crippen molar-refractivity contribution in [3.8, 4) is 0 Å². The van der Waals surface area contributed by atoms with Crippen LogP contribution in [0.15, 0.2) is 28.8 Å². The number of allylic oxidation sites excluding steroid dienone is 2. The van der Waals surface area contributed by atoms with Gasteiger partial charge in [0.15, 0.2) is 11.6 Å². The number of nitrogens with zero attached hydrogens (tertiary/aromatic N) is 1. The van der Waals surface area contributed by atoms with E-state index in [1.54, 1.807) is 0 Å². The molecule has 0 amide bonds. The number of aliphatic imine (C=N–C) groups is 1. The van der Waals surface area contributed by atoms with Gasteiger partial charge in [-0.25, -0.2) is 4.99 Å². The highest BCUT2D eigenvalue weighted by Crippen LogP contribution is 2.16. The third kappa shape index (κ3) is 1.03. The van der Waals surface area contributed by atoms with Crippen molar-refractivity contribution in [1.29, 1.82) is 0 Å². The van der Waals surface area contributed by atoms with Crippen molar-refractivity contribution in [2.24, 2.45) is 10.7 Å². The number of amidine groups is 1. The van der Waals surface area contributed by atoms with Crippen molar-refractivity contribution in [3.63, 3.8) is 0 Å². The number of hydrogen-bond donors (Lipinski definition) is 1. The zero-order valence-corrected chi connectivity index (χ0v) is 6.14. The minimum atomic E-state index is 0.364. The molecule has 54 valence electrons. The molecule has 0 spiro atoms. The van der Waals surface area contributed by atoms with Crippen LogP contribution in [0.25, 0.3) is 0 Å². The number of rotatable bonds is 0. The van der Waals surface area contributed by atoms with Gasteiger partial charge in [0.2, 0.25) is 0 Å². The minimum absolute atomic E-state index is 0.364. The van der Waals surface area contributed by atoms with Crippen molar-refractivity contribution in [2.45, 2.75) is 13.8 Å². The van der Waals surface area contributed by atoms with Crippen molar-refractivity contribution >= 4 is 5.84 Å². The van der Waals surface area contributed by atoms with Crippen molar-refractivity contribution in [2.75, 3.05) is 0 Å². The predicted molar refractivity (Wildman–Crippen MR) is 40.2 cm³/mol. The lowest BCUT2D eigenvalue weighted by Gasteiger charge is -2.14. The van der Waals surface area contributed by atoms with Gasteiger partial charge in [0.1, 0.15) is 5.76 Å². The summed E-state index contributed by atoms with van der Waals surface area (Å²) in [5.41, 5.74) is 6.23. The highest BCUT2D eigenvalue weighted by atomic mass is 16.5. The van der Waals surface area contributed by atoms with Crippen LogP contribution in [0.3, 0.4) is 0 Å². The molecule has 3 heteroatoms. The molecule has 0 atom stereocenters. The van der Waals surface area contributed by atoms with Gasteiger partial charge in [-0.1, -0.05) is 6.58 Å². The maximum Gasteiger partial charge on any atom is 0.166 e. The second-order valence-electron chi connectivity index (χ2n) is 2.16. The Morgan fingerprint density at radius 3 is 2.60 bits per heavy atom. The summed E-state index contributed by atoms with van der Waals surface area (Å²) in [7, 11) is 0. The molecule has 1 heterocycles. The smallest absolute Gasteiger partial charge is 0.166 e. The van der Waals surface area contributed by atoms with Gasteiger partial charge in [0.05, 0.1) is 5.70 Å². The molecule has 0 saturated carbocycles. The molecule has 0 unspecified atom stereocenters. The van der Waals surface area contributed by atoms with Gasteiger partial charge in [0, 0.05) is 0 Å². The Labute approximate surface area is 59.9 Å². The molecule has 2 N–H and O–H groups in total.